The summed E-state index contributed by atoms with van der Waals surface area (Å²) in [6.07, 6.45) is 0. The molecule has 0 spiro atoms. The zero-order chi connectivity index (χ0) is 16.7. The molecule has 3 aromatic carbocycles. The summed E-state index contributed by atoms with van der Waals surface area (Å²) >= 11 is 0. The second-order valence-electron chi connectivity index (χ2n) is 5.29. The number of ether oxygens (including phenoxy) is 1. The van der Waals surface area contributed by atoms with Crippen molar-refractivity contribution in [2.24, 2.45) is 4.99 Å². The summed E-state index contributed by atoms with van der Waals surface area (Å²) in [4.78, 5) is 26.8. The summed E-state index contributed by atoms with van der Waals surface area (Å²) in [5.41, 5.74) is 1.68. The molecule has 0 saturated carbocycles. The highest BCUT2D eigenvalue weighted by atomic mass is 16.6. The molecule has 0 aromatic heterocycles. The molecule has 0 atom stereocenters. The predicted molar refractivity (Wildman–Crippen MR) is 88.7 cm³/mol. The van der Waals surface area contributed by atoms with Gasteiger partial charge in [-0.05, 0) is 29.7 Å². The highest BCUT2D eigenvalue weighted by Crippen LogP contribution is 2.30. The van der Waals surface area contributed by atoms with E-state index in [1.807, 2.05) is 24.3 Å². The number of cyclic esters (lactones) is 1. The quantitative estimate of drug-likeness (QED) is 0.406. The monoisotopic (exact) mass is 318 g/mol. The number of rotatable bonds is 2. The lowest BCUT2D eigenvalue weighted by molar-refractivity contribution is -0.384. The maximum atomic E-state index is 12.2. The van der Waals surface area contributed by atoms with Gasteiger partial charge in [0.1, 0.15) is 0 Å². The van der Waals surface area contributed by atoms with Crippen LogP contribution in [0.1, 0.15) is 15.9 Å². The van der Waals surface area contributed by atoms with Crippen LogP contribution >= 0.6 is 0 Å². The summed E-state index contributed by atoms with van der Waals surface area (Å²) in [7, 11) is 0. The van der Waals surface area contributed by atoms with Crippen molar-refractivity contribution in [1.82, 2.24) is 0 Å². The van der Waals surface area contributed by atoms with Gasteiger partial charge in [0.2, 0.25) is 5.90 Å². The Hall–Kier alpha value is -3.54. The summed E-state index contributed by atoms with van der Waals surface area (Å²) in [5, 5.41) is 12.4. The van der Waals surface area contributed by atoms with Crippen LogP contribution in [0.3, 0.4) is 0 Å². The van der Waals surface area contributed by atoms with Crippen LogP contribution in [0, 0.1) is 10.1 Å². The molecule has 0 amide bonds. The third-order valence-corrected chi connectivity index (χ3v) is 3.84. The summed E-state index contributed by atoms with van der Waals surface area (Å²) < 4.78 is 5.36. The van der Waals surface area contributed by atoms with Gasteiger partial charge in [0.15, 0.2) is 0 Å². The summed E-state index contributed by atoms with van der Waals surface area (Å²) in [5.74, 6) is -0.266. The van der Waals surface area contributed by atoms with Crippen LogP contribution in [0.5, 0.6) is 0 Å². The Morgan fingerprint density at radius 3 is 2.25 bits per heavy atom. The van der Waals surface area contributed by atoms with Crippen LogP contribution in [0.2, 0.25) is 0 Å². The molecule has 24 heavy (non-hydrogen) atoms. The van der Waals surface area contributed by atoms with E-state index in [0.29, 0.717) is 11.3 Å². The van der Waals surface area contributed by atoms with E-state index >= 15 is 0 Å². The minimum Gasteiger partial charge on any atom is -0.403 e. The van der Waals surface area contributed by atoms with Crippen molar-refractivity contribution in [3.63, 3.8) is 0 Å². The molecular weight excluding hydrogens is 308 g/mol. The predicted octanol–water partition coefficient (Wildman–Crippen LogP) is 4.00. The van der Waals surface area contributed by atoms with Gasteiger partial charge in [-0.25, -0.2) is 9.79 Å². The molecule has 1 aliphatic heterocycles. The van der Waals surface area contributed by atoms with Gasteiger partial charge in [-0.2, -0.15) is 0 Å². The Kier molecular flexibility index (Phi) is 3.09. The maximum Gasteiger partial charge on any atom is 0.345 e. The molecule has 0 N–H and O–H groups in total. The van der Waals surface area contributed by atoms with Crippen molar-refractivity contribution < 1.29 is 14.5 Å². The third kappa shape index (κ3) is 2.21. The topological polar surface area (TPSA) is 81.8 Å². The molecule has 0 bridgehead atoms. The van der Waals surface area contributed by atoms with Gasteiger partial charge in [0, 0.05) is 23.1 Å². The molecule has 4 rings (SSSR count). The standard InChI is InChI=1S/C18H10N2O4/c21-18-15-6-2-4-11-3-1-5-14(16(11)15)17(24-18)19-12-7-9-13(10-8-12)20(22)23/h1-10H. The van der Waals surface area contributed by atoms with Crippen molar-refractivity contribution in [2.75, 3.05) is 0 Å². The zero-order valence-electron chi connectivity index (χ0n) is 12.3. The van der Waals surface area contributed by atoms with Gasteiger partial charge in [-0.1, -0.05) is 24.3 Å². The van der Waals surface area contributed by atoms with Gasteiger partial charge in [-0.3, -0.25) is 10.1 Å². The van der Waals surface area contributed by atoms with Crippen molar-refractivity contribution in [3.05, 3.63) is 81.9 Å². The molecule has 0 saturated heterocycles. The molecule has 0 fully saturated rings. The number of non-ortho nitro benzene ring substituents is 1. The number of nitro benzene ring substituents is 1. The van der Waals surface area contributed by atoms with E-state index in [9.17, 15) is 14.9 Å². The Balaban J connectivity index is 1.86. The first-order chi connectivity index (χ1) is 11.6. The molecule has 0 radical (unpaired) electrons. The number of aliphatic imine (C=N–C) groups is 1. The smallest absolute Gasteiger partial charge is 0.345 e. The number of carbonyl (C=O) groups is 1. The lowest BCUT2D eigenvalue weighted by Gasteiger charge is -2.18. The Bertz CT molecular complexity index is 1020. The molecule has 0 unspecified atom stereocenters. The average molecular weight is 318 g/mol. The van der Waals surface area contributed by atoms with E-state index in [-0.39, 0.29) is 11.6 Å². The van der Waals surface area contributed by atoms with Gasteiger partial charge in [0.25, 0.3) is 5.69 Å². The number of carbonyl (C=O) groups excluding carboxylic acids is 1. The van der Waals surface area contributed by atoms with E-state index in [2.05, 4.69) is 4.99 Å². The Morgan fingerprint density at radius 2 is 1.58 bits per heavy atom. The van der Waals surface area contributed by atoms with Crippen LogP contribution in [-0.2, 0) is 4.74 Å². The van der Waals surface area contributed by atoms with Crippen LogP contribution in [-0.4, -0.2) is 16.8 Å². The first-order valence-corrected chi connectivity index (χ1v) is 7.21. The molecule has 116 valence electrons. The Labute approximate surface area is 136 Å². The molecule has 0 aliphatic carbocycles. The summed E-state index contributed by atoms with van der Waals surface area (Å²) in [6.45, 7) is 0. The first kappa shape index (κ1) is 14.1. The lowest BCUT2D eigenvalue weighted by Crippen LogP contribution is -2.20. The van der Waals surface area contributed by atoms with Gasteiger partial charge < -0.3 is 4.74 Å². The minimum atomic E-state index is -0.478. The SMILES string of the molecule is O=C1OC(=Nc2ccc([N+](=O)[O-])cc2)c2cccc3cccc1c23. The van der Waals surface area contributed by atoms with Crippen LogP contribution in [0.4, 0.5) is 11.4 Å². The molecule has 3 aromatic rings. The highest BCUT2D eigenvalue weighted by Gasteiger charge is 2.25. The van der Waals surface area contributed by atoms with Crippen LogP contribution in [0.25, 0.3) is 10.8 Å². The van der Waals surface area contributed by atoms with E-state index < -0.39 is 10.9 Å². The number of hydrogen-bond donors (Lipinski definition) is 0. The van der Waals surface area contributed by atoms with Crippen molar-refractivity contribution in [3.8, 4) is 0 Å². The zero-order valence-corrected chi connectivity index (χ0v) is 12.3. The van der Waals surface area contributed by atoms with Crippen molar-refractivity contribution in [2.45, 2.75) is 0 Å². The van der Waals surface area contributed by atoms with Gasteiger partial charge >= 0.3 is 5.97 Å². The lowest BCUT2D eigenvalue weighted by atomic mass is 9.97. The molecular formula is C18H10N2O4. The van der Waals surface area contributed by atoms with Crippen LogP contribution < -0.4 is 0 Å². The van der Waals surface area contributed by atoms with E-state index in [4.69, 9.17) is 4.74 Å². The van der Waals surface area contributed by atoms with Crippen molar-refractivity contribution >= 4 is 34.0 Å². The number of esters is 1. The second kappa shape index (κ2) is 5.27. The maximum absolute atomic E-state index is 12.2. The fourth-order valence-corrected chi connectivity index (χ4v) is 2.74. The molecule has 1 heterocycles. The largest absolute Gasteiger partial charge is 0.403 e. The fourth-order valence-electron chi connectivity index (χ4n) is 2.74. The number of benzene rings is 3. The number of hydrogen-bond acceptors (Lipinski definition) is 5. The van der Waals surface area contributed by atoms with Crippen molar-refractivity contribution in [1.29, 1.82) is 0 Å². The second-order valence-corrected chi connectivity index (χ2v) is 5.29. The van der Waals surface area contributed by atoms with E-state index in [1.54, 1.807) is 12.1 Å². The highest BCUT2D eigenvalue weighted by molar-refractivity contribution is 6.22. The normalized spacial score (nSPS) is 14.7. The third-order valence-electron chi connectivity index (χ3n) is 3.84. The van der Waals surface area contributed by atoms with Crippen LogP contribution in [0.15, 0.2) is 65.7 Å². The van der Waals surface area contributed by atoms with E-state index in [0.717, 1.165) is 16.3 Å². The molecule has 6 nitrogen and oxygen atoms in total. The average Bonchev–Trinajstić information content (AvgIpc) is 2.59. The number of nitro groups is 1. The van der Waals surface area contributed by atoms with Gasteiger partial charge in [0.05, 0.1) is 16.2 Å². The van der Waals surface area contributed by atoms with E-state index in [1.165, 1.54) is 24.3 Å². The Morgan fingerprint density at radius 1 is 0.917 bits per heavy atom. The minimum absolute atomic E-state index is 0.0213. The number of nitrogens with zero attached hydrogens (tertiary/aromatic N) is 2. The first-order valence-electron chi connectivity index (χ1n) is 7.21. The molecule has 1 aliphatic rings. The fraction of sp³-hybridized carbons (Fsp3) is 0. The summed E-state index contributed by atoms with van der Waals surface area (Å²) in [6, 6.07) is 16.8. The van der Waals surface area contributed by atoms with Gasteiger partial charge in [-0.15, -0.1) is 0 Å². The molecule has 6 heteroatoms.